The number of nitrogens with one attached hydrogen (secondary N) is 1. The van der Waals surface area contributed by atoms with Crippen LogP contribution < -0.4 is 10.1 Å². The molecule has 4 heteroatoms. The lowest BCUT2D eigenvalue weighted by Gasteiger charge is -2.17. The highest BCUT2D eigenvalue weighted by molar-refractivity contribution is 5.99. The number of fused-ring (bicyclic) bond motifs is 1. The van der Waals surface area contributed by atoms with Crippen molar-refractivity contribution in [2.75, 3.05) is 7.11 Å². The van der Waals surface area contributed by atoms with Crippen LogP contribution in [0.4, 0.5) is 0 Å². The fourth-order valence-electron chi connectivity index (χ4n) is 4.30. The van der Waals surface area contributed by atoms with Crippen molar-refractivity contribution in [3.63, 3.8) is 0 Å². The minimum Gasteiger partial charge on any atom is -0.497 e. The van der Waals surface area contributed by atoms with Crippen LogP contribution in [-0.4, -0.2) is 19.2 Å². The van der Waals surface area contributed by atoms with Crippen molar-refractivity contribution in [1.82, 2.24) is 5.32 Å². The Kier molecular flexibility index (Phi) is 7.52. The quantitative estimate of drug-likeness (QED) is 0.278. The number of aryl methyl sites for hydroxylation is 1. The van der Waals surface area contributed by atoms with E-state index in [2.05, 4.69) is 66.8 Å². The summed E-state index contributed by atoms with van der Waals surface area (Å²) in [5.74, 6) is 0.573. The summed E-state index contributed by atoms with van der Waals surface area (Å²) in [6.45, 7) is 8.55. The van der Waals surface area contributed by atoms with Crippen LogP contribution in [-0.2, 0) is 11.3 Å². The molecule has 0 aliphatic rings. The zero-order valence-electron chi connectivity index (χ0n) is 21.1. The molecule has 4 rings (SSSR count). The molecule has 35 heavy (non-hydrogen) atoms. The highest BCUT2D eigenvalue weighted by atomic mass is 16.5. The van der Waals surface area contributed by atoms with Crippen molar-refractivity contribution in [3.8, 4) is 16.9 Å². The van der Waals surface area contributed by atoms with Crippen molar-refractivity contribution >= 4 is 16.7 Å². The highest BCUT2D eigenvalue weighted by Crippen LogP contribution is 2.32. The molecule has 0 spiro atoms. The molecule has 0 amide bonds. The molecule has 0 fully saturated rings. The first-order valence-corrected chi connectivity index (χ1v) is 12.1. The fraction of sp³-hybridized carbons (Fsp3) is 0.258. The molecule has 1 N–H and O–H groups in total. The number of carbonyl (C=O) groups is 1. The van der Waals surface area contributed by atoms with Gasteiger partial charge in [-0.25, -0.2) is 4.79 Å². The van der Waals surface area contributed by atoms with Crippen molar-refractivity contribution < 1.29 is 14.3 Å². The predicted octanol–water partition coefficient (Wildman–Crippen LogP) is 7.24. The average molecular weight is 468 g/mol. The Bertz CT molecular complexity index is 1340. The number of benzene rings is 4. The Morgan fingerprint density at radius 2 is 1.71 bits per heavy atom. The van der Waals surface area contributed by atoms with Gasteiger partial charge in [0.15, 0.2) is 0 Å². The highest BCUT2D eigenvalue weighted by Gasteiger charge is 2.15. The summed E-state index contributed by atoms with van der Waals surface area (Å²) in [5.41, 5.74) is 5.99. The van der Waals surface area contributed by atoms with E-state index in [0.717, 1.165) is 27.8 Å². The molecule has 4 aromatic rings. The van der Waals surface area contributed by atoms with E-state index in [1.807, 2.05) is 45.0 Å². The van der Waals surface area contributed by atoms with Gasteiger partial charge in [-0.15, -0.1) is 0 Å². The Labute approximate surface area is 207 Å². The maximum absolute atomic E-state index is 12.7. The fourth-order valence-corrected chi connectivity index (χ4v) is 4.30. The van der Waals surface area contributed by atoms with Gasteiger partial charge in [0.1, 0.15) is 5.75 Å². The maximum Gasteiger partial charge on any atom is 0.338 e. The largest absolute Gasteiger partial charge is 0.497 e. The summed E-state index contributed by atoms with van der Waals surface area (Å²) in [4.78, 5) is 12.7. The van der Waals surface area contributed by atoms with Gasteiger partial charge in [-0.1, -0.05) is 48.5 Å². The predicted molar refractivity (Wildman–Crippen MR) is 143 cm³/mol. The van der Waals surface area contributed by atoms with E-state index in [1.165, 1.54) is 16.5 Å². The van der Waals surface area contributed by atoms with E-state index in [0.29, 0.717) is 12.1 Å². The Hall–Kier alpha value is -3.63. The lowest BCUT2D eigenvalue weighted by Crippen LogP contribution is -2.18. The summed E-state index contributed by atoms with van der Waals surface area (Å²) >= 11 is 0. The van der Waals surface area contributed by atoms with E-state index in [1.54, 1.807) is 7.11 Å². The SMILES string of the molecule is COc1cccc(C(C)NCc2cc(-c3ccc(C)c(C(=O)OC(C)C)c3)c3ccccc3c2)c1. The van der Waals surface area contributed by atoms with Crippen molar-refractivity contribution in [2.24, 2.45) is 0 Å². The van der Waals surface area contributed by atoms with Gasteiger partial charge < -0.3 is 14.8 Å². The molecule has 4 aromatic carbocycles. The normalized spacial score (nSPS) is 12.1. The summed E-state index contributed by atoms with van der Waals surface area (Å²) in [5, 5.41) is 5.97. The van der Waals surface area contributed by atoms with Gasteiger partial charge in [-0.2, -0.15) is 0 Å². The van der Waals surface area contributed by atoms with Crippen LogP contribution in [0.2, 0.25) is 0 Å². The van der Waals surface area contributed by atoms with Crippen molar-refractivity contribution in [2.45, 2.75) is 46.4 Å². The lowest BCUT2D eigenvalue weighted by molar-refractivity contribution is 0.0377. The van der Waals surface area contributed by atoms with Gasteiger partial charge in [-0.3, -0.25) is 0 Å². The molecule has 0 bridgehead atoms. The molecule has 0 radical (unpaired) electrons. The summed E-state index contributed by atoms with van der Waals surface area (Å²) in [6, 6.07) is 27.2. The lowest BCUT2D eigenvalue weighted by atomic mass is 9.93. The second-order valence-electron chi connectivity index (χ2n) is 9.23. The monoisotopic (exact) mass is 467 g/mol. The summed E-state index contributed by atoms with van der Waals surface area (Å²) < 4.78 is 10.9. The molecule has 0 heterocycles. The van der Waals surface area contributed by atoms with E-state index in [9.17, 15) is 4.79 Å². The summed E-state index contributed by atoms with van der Waals surface area (Å²) in [6.07, 6.45) is -0.160. The van der Waals surface area contributed by atoms with Gasteiger partial charge in [0, 0.05) is 12.6 Å². The van der Waals surface area contributed by atoms with Crippen molar-refractivity contribution in [3.05, 3.63) is 101 Å². The first kappa shape index (κ1) is 24.5. The van der Waals surface area contributed by atoms with Crippen molar-refractivity contribution in [1.29, 1.82) is 0 Å². The number of esters is 1. The van der Waals surface area contributed by atoms with Gasteiger partial charge >= 0.3 is 5.97 Å². The number of rotatable bonds is 8. The van der Waals surface area contributed by atoms with E-state index in [4.69, 9.17) is 9.47 Å². The van der Waals surface area contributed by atoms with Crippen LogP contribution in [0.15, 0.2) is 78.9 Å². The third-order valence-corrected chi connectivity index (χ3v) is 6.24. The minimum atomic E-state index is -0.284. The molecule has 0 aromatic heterocycles. The van der Waals surface area contributed by atoms with Crippen LogP contribution in [0.5, 0.6) is 5.75 Å². The molecular formula is C31H33NO3. The molecule has 1 unspecified atom stereocenters. The van der Waals surface area contributed by atoms with Gasteiger partial charge in [0.25, 0.3) is 0 Å². The Morgan fingerprint density at radius 1 is 0.914 bits per heavy atom. The zero-order chi connectivity index (χ0) is 24.9. The topological polar surface area (TPSA) is 47.6 Å². The maximum atomic E-state index is 12.7. The van der Waals surface area contributed by atoms with Gasteiger partial charge in [0.2, 0.25) is 0 Å². The number of hydrogen-bond acceptors (Lipinski definition) is 4. The molecule has 0 saturated heterocycles. The standard InChI is InChI=1S/C31H33NO3/c1-20(2)35-31(33)29-18-26(14-13-21(29)3)30-16-23(15-25-9-6-7-12-28(25)30)19-32-22(4)24-10-8-11-27(17-24)34-5/h6-18,20,22,32H,19H2,1-5H3. The van der Waals surface area contributed by atoms with Gasteiger partial charge in [-0.05, 0) is 96.6 Å². The van der Waals surface area contributed by atoms with E-state index >= 15 is 0 Å². The van der Waals surface area contributed by atoms with Crippen LogP contribution in [0, 0.1) is 6.92 Å². The number of methoxy groups -OCH3 is 1. The first-order chi connectivity index (χ1) is 16.9. The third kappa shape index (κ3) is 5.72. The molecule has 1 atom stereocenters. The summed E-state index contributed by atoms with van der Waals surface area (Å²) in [7, 11) is 1.69. The molecular weight excluding hydrogens is 434 g/mol. The number of hydrogen-bond donors (Lipinski definition) is 1. The third-order valence-electron chi connectivity index (χ3n) is 6.24. The average Bonchev–Trinajstić information content (AvgIpc) is 2.86. The van der Waals surface area contributed by atoms with E-state index < -0.39 is 0 Å². The second kappa shape index (κ2) is 10.7. The Balaban J connectivity index is 1.67. The smallest absolute Gasteiger partial charge is 0.338 e. The molecule has 0 saturated carbocycles. The molecule has 0 aliphatic heterocycles. The molecule has 4 nitrogen and oxygen atoms in total. The van der Waals surface area contributed by atoms with Crippen LogP contribution >= 0.6 is 0 Å². The van der Waals surface area contributed by atoms with Crippen LogP contribution in [0.3, 0.4) is 0 Å². The first-order valence-electron chi connectivity index (χ1n) is 12.1. The Morgan fingerprint density at radius 3 is 2.49 bits per heavy atom. The second-order valence-corrected chi connectivity index (χ2v) is 9.23. The van der Waals surface area contributed by atoms with E-state index in [-0.39, 0.29) is 18.1 Å². The van der Waals surface area contributed by atoms with Crippen LogP contribution in [0.1, 0.15) is 53.9 Å². The van der Waals surface area contributed by atoms with Gasteiger partial charge in [0.05, 0.1) is 18.8 Å². The molecule has 0 aliphatic carbocycles. The minimum absolute atomic E-state index is 0.160. The number of ether oxygens (including phenoxy) is 2. The zero-order valence-corrected chi connectivity index (χ0v) is 21.1. The van der Waals surface area contributed by atoms with Crippen LogP contribution in [0.25, 0.3) is 21.9 Å². The number of carbonyl (C=O) groups excluding carboxylic acids is 1. The molecule has 180 valence electrons.